The summed E-state index contributed by atoms with van der Waals surface area (Å²) in [7, 11) is 0. The zero-order valence-corrected chi connectivity index (χ0v) is 14.8. The van der Waals surface area contributed by atoms with Crippen molar-refractivity contribution in [1.82, 2.24) is 4.98 Å². The van der Waals surface area contributed by atoms with Crippen LogP contribution in [0.25, 0.3) is 0 Å². The molecule has 0 fully saturated rings. The molecule has 0 unspecified atom stereocenters. The van der Waals surface area contributed by atoms with E-state index in [0.717, 1.165) is 5.69 Å². The topological polar surface area (TPSA) is 77.8 Å². The van der Waals surface area contributed by atoms with E-state index in [4.69, 9.17) is 28.5 Å². The molecule has 1 aromatic heterocycles. The van der Waals surface area contributed by atoms with Crippen LogP contribution in [0.2, 0.25) is 10.0 Å². The fourth-order valence-electron chi connectivity index (χ4n) is 2.21. The van der Waals surface area contributed by atoms with E-state index in [1.807, 2.05) is 0 Å². The largest absolute Gasteiger partial charge is 0.340 e. The predicted molar refractivity (Wildman–Crippen MR) is 103 cm³/mol. The summed E-state index contributed by atoms with van der Waals surface area (Å²) in [5, 5.41) is 15.3. The SMILES string of the molecule is N#Cc1ccc(Nc2cc(C(=O)Nc3cccc(Cl)c3Cl)ccn2)cc1. The number of nitriles is 1. The zero-order valence-electron chi connectivity index (χ0n) is 13.3. The van der Waals surface area contributed by atoms with E-state index >= 15 is 0 Å². The second-order valence-electron chi connectivity index (χ2n) is 5.30. The van der Waals surface area contributed by atoms with E-state index in [9.17, 15) is 4.79 Å². The molecule has 1 amide bonds. The number of carbonyl (C=O) groups excluding carboxylic acids is 1. The Labute approximate surface area is 160 Å². The lowest BCUT2D eigenvalue weighted by Crippen LogP contribution is -2.12. The molecule has 0 spiro atoms. The lowest BCUT2D eigenvalue weighted by Gasteiger charge is -2.10. The zero-order chi connectivity index (χ0) is 18.5. The maximum atomic E-state index is 12.5. The van der Waals surface area contributed by atoms with Crippen LogP contribution in [-0.4, -0.2) is 10.9 Å². The molecule has 0 aliphatic carbocycles. The fourth-order valence-corrected chi connectivity index (χ4v) is 2.56. The highest BCUT2D eigenvalue weighted by atomic mass is 35.5. The van der Waals surface area contributed by atoms with Crippen LogP contribution in [0.3, 0.4) is 0 Å². The number of carbonyl (C=O) groups is 1. The second kappa shape index (κ2) is 7.87. The van der Waals surface area contributed by atoms with Crippen LogP contribution >= 0.6 is 23.2 Å². The third-order valence-corrected chi connectivity index (χ3v) is 4.33. The van der Waals surface area contributed by atoms with Gasteiger partial charge in [-0.25, -0.2) is 4.98 Å². The van der Waals surface area contributed by atoms with Crippen molar-refractivity contribution in [2.75, 3.05) is 10.6 Å². The molecule has 3 aromatic rings. The highest BCUT2D eigenvalue weighted by molar-refractivity contribution is 6.44. The molecule has 0 aliphatic heterocycles. The lowest BCUT2D eigenvalue weighted by molar-refractivity contribution is 0.102. The number of nitrogens with zero attached hydrogens (tertiary/aromatic N) is 2. The molecule has 128 valence electrons. The molecule has 0 atom stereocenters. The van der Waals surface area contributed by atoms with Crippen molar-refractivity contribution in [3.05, 3.63) is 82.0 Å². The number of benzene rings is 2. The van der Waals surface area contributed by atoms with Gasteiger partial charge in [-0.05, 0) is 48.5 Å². The molecule has 0 bridgehead atoms. The van der Waals surface area contributed by atoms with Gasteiger partial charge in [0.1, 0.15) is 5.82 Å². The van der Waals surface area contributed by atoms with Gasteiger partial charge in [-0.1, -0.05) is 29.3 Å². The minimum atomic E-state index is -0.334. The Morgan fingerprint density at radius 1 is 1.08 bits per heavy atom. The maximum Gasteiger partial charge on any atom is 0.255 e. The summed E-state index contributed by atoms with van der Waals surface area (Å²) in [5.74, 6) is 0.166. The van der Waals surface area contributed by atoms with Crippen molar-refractivity contribution in [1.29, 1.82) is 5.26 Å². The van der Waals surface area contributed by atoms with E-state index in [0.29, 0.717) is 27.7 Å². The molecule has 5 nitrogen and oxygen atoms in total. The van der Waals surface area contributed by atoms with Gasteiger partial charge < -0.3 is 10.6 Å². The number of aromatic nitrogens is 1. The van der Waals surface area contributed by atoms with Crippen LogP contribution in [0.1, 0.15) is 15.9 Å². The van der Waals surface area contributed by atoms with Crippen LogP contribution in [-0.2, 0) is 0 Å². The standard InChI is InChI=1S/C19H12Cl2N4O/c20-15-2-1-3-16(18(15)21)25-19(26)13-8-9-23-17(10-13)24-14-6-4-12(11-22)5-7-14/h1-10H,(H,23,24)(H,25,26). The molecular formula is C19H12Cl2N4O. The van der Waals surface area contributed by atoms with Gasteiger partial charge in [-0.15, -0.1) is 0 Å². The van der Waals surface area contributed by atoms with Gasteiger partial charge in [0.15, 0.2) is 0 Å². The quantitative estimate of drug-likeness (QED) is 0.645. The van der Waals surface area contributed by atoms with Crippen molar-refractivity contribution in [3.8, 4) is 6.07 Å². The minimum Gasteiger partial charge on any atom is -0.340 e. The summed E-state index contributed by atoms with van der Waals surface area (Å²) in [6, 6.07) is 17.2. The molecule has 0 saturated heterocycles. The van der Waals surface area contributed by atoms with E-state index < -0.39 is 0 Å². The lowest BCUT2D eigenvalue weighted by atomic mass is 10.2. The number of anilines is 3. The summed E-state index contributed by atoms with van der Waals surface area (Å²) in [6.07, 6.45) is 1.53. The molecule has 2 N–H and O–H groups in total. The van der Waals surface area contributed by atoms with Crippen LogP contribution < -0.4 is 10.6 Å². The molecule has 1 heterocycles. The number of halogens is 2. The first kappa shape index (κ1) is 17.7. The first-order valence-corrected chi connectivity index (χ1v) is 8.31. The van der Waals surface area contributed by atoms with Crippen molar-refractivity contribution < 1.29 is 4.79 Å². The van der Waals surface area contributed by atoms with Crippen LogP contribution in [0.4, 0.5) is 17.2 Å². The third-order valence-electron chi connectivity index (χ3n) is 3.51. The third kappa shape index (κ3) is 4.12. The van der Waals surface area contributed by atoms with Crippen molar-refractivity contribution in [2.24, 2.45) is 0 Å². The van der Waals surface area contributed by atoms with Gasteiger partial charge in [-0.3, -0.25) is 4.79 Å². The monoisotopic (exact) mass is 382 g/mol. The van der Waals surface area contributed by atoms with Crippen molar-refractivity contribution in [2.45, 2.75) is 0 Å². The van der Waals surface area contributed by atoms with E-state index in [-0.39, 0.29) is 10.9 Å². The molecule has 2 aromatic carbocycles. The smallest absolute Gasteiger partial charge is 0.255 e. The molecular weight excluding hydrogens is 371 g/mol. The average Bonchev–Trinajstić information content (AvgIpc) is 2.66. The fraction of sp³-hybridized carbons (Fsp3) is 0. The normalized spacial score (nSPS) is 10.0. The molecule has 0 saturated carbocycles. The van der Waals surface area contributed by atoms with Crippen LogP contribution in [0.5, 0.6) is 0 Å². The van der Waals surface area contributed by atoms with Crippen LogP contribution in [0, 0.1) is 11.3 Å². The summed E-state index contributed by atoms with van der Waals surface area (Å²) < 4.78 is 0. The van der Waals surface area contributed by atoms with E-state index in [1.54, 1.807) is 54.6 Å². The first-order chi connectivity index (χ1) is 12.6. The predicted octanol–water partition coefficient (Wildman–Crippen LogP) is 5.26. The minimum absolute atomic E-state index is 0.285. The number of amides is 1. The number of pyridine rings is 1. The summed E-state index contributed by atoms with van der Waals surface area (Å²) >= 11 is 12.1. The van der Waals surface area contributed by atoms with Gasteiger partial charge in [-0.2, -0.15) is 5.26 Å². The molecule has 0 radical (unpaired) electrons. The number of nitrogens with one attached hydrogen (secondary N) is 2. The Balaban J connectivity index is 1.76. The van der Waals surface area contributed by atoms with Crippen molar-refractivity contribution in [3.63, 3.8) is 0 Å². The number of hydrogen-bond acceptors (Lipinski definition) is 4. The Hall–Kier alpha value is -3.07. The van der Waals surface area contributed by atoms with Gasteiger partial charge in [0.2, 0.25) is 0 Å². The van der Waals surface area contributed by atoms with E-state index in [2.05, 4.69) is 21.7 Å². The van der Waals surface area contributed by atoms with Gasteiger partial charge >= 0.3 is 0 Å². The average molecular weight is 383 g/mol. The Bertz CT molecular complexity index is 997. The van der Waals surface area contributed by atoms with Gasteiger partial charge in [0, 0.05) is 17.4 Å². The Kier molecular flexibility index (Phi) is 5.37. The van der Waals surface area contributed by atoms with Crippen molar-refractivity contribution >= 4 is 46.3 Å². The second-order valence-corrected chi connectivity index (χ2v) is 6.08. The molecule has 3 rings (SSSR count). The highest BCUT2D eigenvalue weighted by Gasteiger charge is 2.11. The molecule has 7 heteroatoms. The van der Waals surface area contributed by atoms with E-state index in [1.165, 1.54) is 6.20 Å². The van der Waals surface area contributed by atoms with Gasteiger partial charge in [0.05, 0.1) is 27.4 Å². The maximum absolute atomic E-state index is 12.5. The van der Waals surface area contributed by atoms with Crippen LogP contribution in [0.15, 0.2) is 60.8 Å². The number of rotatable bonds is 4. The summed E-state index contributed by atoms with van der Waals surface area (Å²) in [6.45, 7) is 0. The summed E-state index contributed by atoms with van der Waals surface area (Å²) in [4.78, 5) is 16.7. The molecule has 26 heavy (non-hydrogen) atoms. The Morgan fingerprint density at radius 2 is 1.85 bits per heavy atom. The Morgan fingerprint density at radius 3 is 2.58 bits per heavy atom. The van der Waals surface area contributed by atoms with Gasteiger partial charge in [0.25, 0.3) is 5.91 Å². The summed E-state index contributed by atoms with van der Waals surface area (Å²) in [5.41, 5.74) is 2.16. The number of hydrogen-bond donors (Lipinski definition) is 2. The molecule has 0 aliphatic rings. The highest BCUT2D eigenvalue weighted by Crippen LogP contribution is 2.30. The first-order valence-electron chi connectivity index (χ1n) is 7.55.